The molecule has 2 N–H and O–H groups in total. The molecule has 0 aromatic carbocycles. The van der Waals surface area contributed by atoms with Gasteiger partial charge in [-0.15, -0.1) is 0 Å². The van der Waals surface area contributed by atoms with E-state index in [1.807, 2.05) is 6.92 Å². The Morgan fingerprint density at radius 1 is 1.53 bits per heavy atom. The van der Waals surface area contributed by atoms with Crippen molar-refractivity contribution >= 4 is 5.91 Å². The molecule has 0 aliphatic heterocycles. The van der Waals surface area contributed by atoms with E-state index in [4.69, 9.17) is 4.74 Å². The van der Waals surface area contributed by atoms with Gasteiger partial charge in [0.15, 0.2) is 5.69 Å². The number of hydrogen-bond acceptors (Lipinski definition) is 4. The van der Waals surface area contributed by atoms with Crippen LogP contribution in [0.25, 0.3) is 0 Å². The summed E-state index contributed by atoms with van der Waals surface area (Å²) in [6, 6.07) is 0.156. The summed E-state index contributed by atoms with van der Waals surface area (Å²) in [6.07, 6.45) is 4.55. The first-order valence-electron chi connectivity index (χ1n) is 6.96. The van der Waals surface area contributed by atoms with Gasteiger partial charge >= 0.3 is 0 Å². The number of amides is 1. The van der Waals surface area contributed by atoms with Gasteiger partial charge in [-0.05, 0) is 26.2 Å². The van der Waals surface area contributed by atoms with Crippen LogP contribution in [-0.2, 0) is 4.74 Å². The molecule has 19 heavy (non-hydrogen) atoms. The van der Waals surface area contributed by atoms with Gasteiger partial charge in [0.1, 0.15) is 0 Å². The van der Waals surface area contributed by atoms with Crippen LogP contribution in [0.5, 0.6) is 0 Å². The third kappa shape index (κ3) is 2.36. The van der Waals surface area contributed by atoms with Crippen molar-refractivity contribution in [3.05, 3.63) is 11.9 Å². The monoisotopic (exact) mass is 266 g/mol. The van der Waals surface area contributed by atoms with Crippen LogP contribution < -0.4 is 5.32 Å². The lowest BCUT2D eigenvalue weighted by Gasteiger charge is -2.55. The van der Waals surface area contributed by atoms with Gasteiger partial charge < -0.3 is 10.1 Å². The highest BCUT2D eigenvalue weighted by Gasteiger charge is 2.53. The molecule has 1 saturated carbocycles. The molecule has 0 radical (unpaired) electrons. The summed E-state index contributed by atoms with van der Waals surface area (Å²) in [5.74, 6) is -0.167. The van der Waals surface area contributed by atoms with Crippen molar-refractivity contribution in [2.75, 3.05) is 6.61 Å². The van der Waals surface area contributed by atoms with E-state index in [0.717, 1.165) is 25.9 Å². The predicted octanol–water partition coefficient (Wildman–Crippen LogP) is 1.52. The quantitative estimate of drug-likeness (QED) is 0.818. The maximum atomic E-state index is 12.0. The zero-order valence-corrected chi connectivity index (χ0v) is 11.8. The Hall–Kier alpha value is -1.43. The summed E-state index contributed by atoms with van der Waals surface area (Å²) < 4.78 is 5.79. The number of carbonyl (C=O) groups excluding carboxylic acids is 1. The summed E-state index contributed by atoms with van der Waals surface area (Å²) in [7, 11) is 0. The third-order valence-corrected chi connectivity index (χ3v) is 4.42. The summed E-state index contributed by atoms with van der Waals surface area (Å²) in [5.41, 5.74) is 0.385. The van der Waals surface area contributed by atoms with Gasteiger partial charge in [0.05, 0.1) is 12.3 Å². The molecule has 2 rings (SSSR count). The van der Waals surface area contributed by atoms with Crippen molar-refractivity contribution in [1.29, 1.82) is 0 Å². The lowest BCUT2D eigenvalue weighted by atomic mass is 9.58. The minimum absolute atomic E-state index is 0.0510. The summed E-state index contributed by atoms with van der Waals surface area (Å²) in [4.78, 5) is 12.0. The van der Waals surface area contributed by atoms with Crippen molar-refractivity contribution in [3.63, 3.8) is 0 Å². The first kappa shape index (κ1) is 14.0. The molecule has 1 amide bonds. The van der Waals surface area contributed by atoms with E-state index in [1.165, 1.54) is 6.20 Å². The maximum absolute atomic E-state index is 12.0. The third-order valence-electron chi connectivity index (χ3n) is 4.42. The van der Waals surface area contributed by atoms with E-state index >= 15 is 0 Å². The van der Waals surface area contributed by atoms with Crippen LogP contribution in [0.3, 0.4) is 0 Å². The number of H-pyrrole nitrogens is 1. The SMILES string of the molecule is CCO[C@@H]1C[C@@H](NC(=O)c2cn[nH]n2)C1(CC)CC. The Morgan fingerprint density at radius 3 is 2.79 bits per heavy atom. The Kier molecular flexibility index (Phi) is 4.19. The van der Waals surface area contributed by atoms with Crippen molar-refractivity contribution in [1.82, 2.24) is 20.7 Å². The fourth-order valence-electron chi connectivity index (χ4n) is 3.13. The van der Waals surface area contributed by atoms with E-state index in [2.05, 4.69) is 34.6 Å². The van der Waals surface area contributed by atoms with Crippen LogP contribution in [0.2, 0.25) is 0 Å². The molecular weight excluding hydrogens is 244 g/mol. The number of nitrogens with zero attached hydrogens (tertiary/aromatic N) is 2. The normalized spacial score (nSPS) is 24.8. The van der Waals surface area contributed by atoms with Crippen molar-refractivity contribution < 1.29 is 9.53 Å². The molecule has 106 valence electrons. The Labute approximate surface area is 113 Å². The largest absolute Gasteiger partial charge is 0.378 e. The first-order valence-corrected chi connectivity index (χ1v) is 6.96. The van der Waals surface area contributed by atoms with E-state index in [9.17, 15) is 4.79 Å². The van der Waals surface area contributed by atoms with Crippen molar-refractivity contribution in [3.8, 4) is 0 Å². The highest BCUT2D eigenvalue weighted by Crippen LogP contribution is 2.48. The van der Waals surface area contributed by atoms with Crippen molar-refractivity contribution in [2.24, 2.45) is 5.41 Å². The van der Waals surface area contributed by atoms with Crippen LogP contribution in [0.1, 0.15) is 50.5 Å². The predicted molar refractivity (Wildman–Crippen MR) is 70.7 cm³/mol. The van der Waals surface area contributed by atoms with Gasteiger partial charge in [0, 0.05) is 18.1 Å². The molecule has 6 nitrogen and oxygen atoms in total. The molecule has 1 aromatic heterocycles. The number of carbonyl (C=O) groups is 1. The van der Waals surface area contributed by atoms with Crippen LogP contribution in [0.15, 0.2) is 6.20 Å². The maximum Gasteiger partial charge on any atom is 0.273 e. The van der Waals surface area contributed by atoms with Gasteiger partial charge in [-0.3, -0.25) is 4.79 Å². The average molecular weight is 266 g/mol. The van der Waals surface area contributed by atoms with E-state index in [1.54, 1.807) is 0 Å². The second-order valence-corrected chi connectivity index (χ2v) is 5.00. The van der Waals surface area contributed by atoms with Crippen LogP contribution in [-0.4, -0.2) is 40.1 Å². The number of rotatable bonds is 6. The summed E-state index contributed by atoms with van der Waals surface area (Å²) in [6.45, 7) is 7.04. The van der Waals surface area contributed by atoms with Gasteiger partial charge in [-0.2, -0.15) is 15.4 Å². The topological polar surface area (TPSA) is 79.9 Å². The molecule has 1 aliphatic rings. The summed E-state index contributed by atoms with van der Waals surface area (Å²) in [5, 5.41) is 13.0. The lowest BCUT2D eigenvalue weighted by Crippen LogP contribution is -2.64. The minimum Gasteiger partial charge on any atom is -0.378 e. The fraction of sp³-hybridized carbons (Fsp3) is 0.769. The Morgan fingerprint density at radius 2 is 2.26 bits per heavy atom. The molecule has 1 aromatic rings. The lowest BCUT2D eigenvalue weighted by molar-refractivity contribution is -0.134. The van der Waals surface area contributed by atoms with E-state index in [-0.39, 0.29) is 23.5 Å². The second-order valence-electron chi connectivity index (χ2n) is 5.00. The number of hydrogen-bond donors (Lipinski definition) is 2. The highest BCUT2D eigenvalue weighted by molar-refractivity contribution is 5.92. The standard InChI is InChI=1S/C13H22N4O2/c1-4-13(5-2)10(7-11(13)19-6-3)15-12(18)9-8-14-17-16-9/h8,10-11H,4-7H2,1-3H3,(H,15,18)(H,14,16,17)/t10-,11-/m1/s1. The zero-order chi connectivity index (χ0) is 13.9. The minimum atomic E-state index is -0.167. The van der Waals surface area contributed by atoms with Crippen LogP contribution >= 0.6 is 0 Å². The van der Waals surface area contributed by atoms with Crippen LogP contribution in [0, 0.1) is 5.41 Å². The van der Waals surface area contributed by atoms with E-state index in [0.29, 0.717) is 5.69 Å². The molecule has 0 spiro atoms. The second kappa shape index (κ2) is 5.69. The van der Waals surface area contributed by atoms with Gasteiger partial charge in [0.25, 0.3) is 5.91 Å². The fourth-order valence-corrected chi connectivity index (χ4v) is 3.13. The summed E-state index contributed by atoms with van der Waals surface area (Å²) >= 11 is 0. The molecule has 0 unspecified atom stereocenters. The molecule has 2 atom stereocenters. The smallest absolute Gasteiger partial charge is 0.273 e. The number of aromatic amines is 1. The first-order chi connectivity index (χ1) is 9.17. The molecule has 1 heterocycles. The van der Waals surface area contributed by atoms with Gasteiger partial charge in [-0.1, -0.05) is 13.8 Å². The number of ether oxygens (including phenoxy) is 1. The zero-order valence-electron chi connectivity index (χ0n) is 11.8. The van der Waals surface area contributed by atoms with Crippen molar-refractivity contribution in [2.45, 2.75) is 52.2 Å². The molecule has 6 heteroatoms. The van der Waals surface area contributed by atoms with E-state index < -0.39 is 0 Å². The molecule has 1 aliphatic carbocycles. The number of nitrogens with one attached hydrogen (secondary N) is 2. The van der Waals surface area contributed by atoms with Gasteiger partial charge in [0.2, 0.25) is 0 Å². The van der Waals surface area contributed by atoms with Gasteiger partial charge in [-0.25, -0.2) is 0 Å². The average Bonchev–Trinajstić information content (AvgIpc) is 2.93. The number of aromatic nitrogens is 3. The Bertz CT molecular complexity index is 414. The molecular formula is C13H22N4O2. The van der Waals surface area contributed by atoms with Crippen LogP contribution in [0.4, 0.5) is 0 Å². The highest BCUT2D eigenvalue weighted by atomic mass is 16.5. The molecule has 0 saturated heterocycles. The Balaban J connectivity index is 2.03. The molecule has 0 bridgehead atoms. The molecule has 1 fully saturated rings.